The van der Waals surface area contributed by atoms with Crippen LogP contribution in [0.5, 0.6) is 5.75 Å². The van der Waals surface area contributed by atoms with Crippen molar-refractivity contribution in [2.45, 2.75) is 63.5 Å². The fourth-order valence-corrected chi connectivity index (χ4v) is 5.47. The molecule has 4 amide bonds. The molecule has 1 unspecified atom stereocenters. The van der Waals surface area contributed by atoms with Crippen LogP contribution in [0.4, 0.5) is 4.79 Å². The highest BCUT2D eigenvalue weighted by molar-refractivity contribution is 6.04. The highest BCUT2D eigenvalue weighted by atomic mass is 16.5. The predicted octanol–water partition coefficient (Wildman–Crippen LogP) is 4.27. The van der Waals surface area contributed by atoms with Gasteiger partial charge in [-0.3, -0.25) is 14.5 Å². The molecular weight excluding hydrogens is 442 g/mol. The Hall–Kier alpha value is -3.35. The summed E-state index contributed by atoms with van der Waals surface area (Å²) in [7, 11) is 1.56. The molecule has 2 aromatic carbocycles. The van der Waals surface area contributed by atoms with Gasteiger partial charge in [0.1, 0.15) is 11.8 Å². The van der Waals surface area contributed by atoms with E-state index in [0.29, 0.717) is 43.0 Å². The van der Waals surface area contributed by atoms with Crippen LogP contribution in [-0.4, -0.2) is 48.5 Å². The SMILES string of the molecule is COc1ccccc1C(=O)NCC1(c2ccccc2)CCC(N2C(=O)NC(CC(C)C)C2=O)CC1. The molecule has 1 saturated carbocycles. The molecule has 7 heteroatoms. The van der Waals surface area contributed by atoms with Gasteiger partial charge in [0, 0.05) is 18.0 Å². The third-order valence-electron chi connectivity index (χ3n) is 7.36. The zero-order valence-corrected chi connectivity index (χ0v) is 20.8. The molecule has 1 saturated heterocycles. The van der Waals surface area contributed by atoms with Crippen molar-refractivity contribution in [3.8, 4) is 5.75 Å². The number of nitrogens with zero attached hydrogens (tertiary/aromatic N) is 1. The van der Waals surface area contributed by atoms with Gasteiger partial charge in [-0.1, -0.05) is 56.3 Å². The van der Waals surface area contributed by atoms with Crippen molar-refractivity contribution < 1.29 is 19.1 Å². The van der Waals surface area contributed by atoms with E-state index in [1.807, 2.05) is 30.3 Å². The highest BCUT2D eigenvalue weighted by Crippen LogP contribution is 2.41. The van der Waals surface area contributed by atoms with Crippen molar-refractivity contribution in [1.82, 2.24) is 15.5 Å². The van der Waals surface area contributed by atoms with E-state index in [-0.39, 0.29) is 29.3 Å². The molecule has 1 aliphatic heterocycles. The largest absolute Gasteiger partial charge is 0.496 e. The van der Waals surface area contributed by atoms with E-state index in [0.717, 1.165) is 18.4 Å². The lowest BCUT2D eigenvalue weighted by atomic mass is 9.67. The van der Waals surface area contributed by atoms with Crippen molar-refractivity contribution in [2.24, 2.45) is 5.92 Å². The Labute approximate surface area is 207 Å². The first kappa shape index (κ1) is 24.8. The van der Waals surface area contributed by atoms with Crippen LogP contribution in [0, 0.1) is 5.92 Å². The number of hydrogen-bond acceptors (Lipinski definition) is 4. The van der Waals surface area contributed by atoms with E-state index >= 15 is 0 Å². The molecule has 7 nitrogen and oxygen atoms in total. The first-order valence-corrected chi connectivity index (χ1v) is 12.4. The standard InChI is InChI=1S/C28H35N3O4/c1-19(2)17-23-26(33)31(27(34)30-23)21-13-15-28(16-14-21,20-9-5-4-6-10-20)18-29-25(32)22-11-7-8-12-24(22)35-3/h4-12,19,21,23H,13-18H2,1-3H3,(H,29,32)(H,30,34). The predicted molar refractivity (Wildman–Crippen MR) is 134 cm³/mol. The summed E-state index contributed by atoms with van der Waals surface area (Å²) in [6, 6.07) is 16.6. The van der Waals surface area contributed by atoms with Crippen molar-refractivity contribution in [1.29, 1.82) is 0 Å². The zero-order chi connectivity index (χ0) is 25.0. The molecule has 0 radical (unpaired) electrons. The maximum absolute atomic E-state index is 13.0. The van der Waals surface area contributed by atoms with Crippen LogP contribution in [-0.2, 0) is 10.2 Å². The molecular formula is C28H35N3O4. The molecule has 1 heterocycles. The van der Waals surface area contributed by atoms with Gasteiger partial charge in [-0.15, -0.1) is 0 Å². The quantitative estimate of drug-likeness (QED) is 0.556. The minimum absolute atomic E-state index is 0.106. The van der Waals surface area contributed by atoms with E-state index in [1.54, 1.807) is 19.2 Å². The maximum Gasteiger partial charge on any atom is 0.325 e. The molecule has 2 fully saturated rings. The van der Waals surface area contributed by atoms with Crippen molar-refractivity contribution in [3.05, 3.63) is 65.7 Å². The Morgan fingerprint density at radius 3 is 2.40 bits per heavy atom. The molecule has 0 bridgehead atoms. The van der Waals surface area contributed by atoms with Crippen LogP contribution < -0.4 is 15.4 Å². The Morgan fingerprint density at radius 1 is 1.09 bits per heavy atom. The number of hydrogen-bond donors (Lipinski definition) is 2. The molecule has 2 N–H and O–H groups in total. The van der Waals surface area contributed by atoms with E-state index in [1.165, 1.54) is 4.90 Å². The highest BCUT2D eigenvalue weighted by Gasteiger charge is 2.46. The van der Waals surface area contributed by atoms with Gasteiger partial charge in [-0.25, -0.2) is 4.79 Å². The number of nitrogens with one attached hydrogen (secondary N) is 2. The Morgan fingerprint density at radius 2 is 1.74 bits per heavy atom. The summed E-state index contributed by atoms with van der Waals surface area (Å²) >= 11 is 0. The Kier molecular flexibility index (Phi) is 7.43. The van der Waals surface area contributed by atoms with Crippen molar-refractivity contribution in [3.63, 3.8) is 0 Å². The van der Waals surface area contributed by atoms with Gasteiger partial charge in [0.05, 0.1) is 12.7 Å². The number of para-hydroxylation sites is 1. The smallest absolute Gasteiger partial charge is 0.325 e. The topological polar surface area (TPSA) is 87.7 Å². The third kappa shape index (κ3) is 5.19. The second-order valence-electron chi connectivity index (χ2n) is 10.1. The number of rotatable bonds is 8. The number of ether oxygens (including phenoxy) is 1. The number of amides is 4. The number of methoxy groups -OCH3 is 1. The summed E-state index contributed by atoms with van der Waals surface area (Å²) in [6.07, 6.45) is 3.58. The van der Waals surface area contributed by atoms with Crippen LogP contribution in [0.25, 0.3) is 0 Å². The molecule has 186 valence electrons. The van der Waals surface area contributed by atoms with Crippen molar-refractivity contribution in [2.75, 3.05) is 13.7 Å². The summed E-state index contributed by atoms with van der Waals surface area (Å²) < 4.78 is 5.36. The second-order valence-corrected chi connectivity index (χ2v) is 10.1. The Bertz CT molecular complexity index is 1060. The average molecular weight is 478 g/mol. The van der Waals surface area contributed by atoms with Crippen LogP contribution in [0.3, 0.4) is 0 Å². The van der Waals surface area contributed by atoms with Crippen LogP contribution in [0.15, 0.2) is 54.6 Å². The fraction of sp³-hybridized carbons (Fsp3) is 0.464. The van der Waals surface area contributed by atoms with E-state index in [4.69, 9.17) is 4.74 Å². The van der Waals surface area contributed by atoms with Gasteiger partial charge >= 0.3 is 6.03 Å². The number of carbonyl (C=O) groups excluding carboxylic acids is 3. The lowest BCUT2D eigenvalue weighted by Gasteiger charge is -2.42. The minimum atomic E-state index is -0.427. The van der Waals surface area contributed by atoms with Crippen LogP contribution in [0.2, 0.25) is 0 Å². The van der Waals surface area contributed by atoms with Gasteiger partial charge < -0.3 is 15.4 Å². The fourth-order valence-electron chi connectivity index (χ4n) is 5.47. The normalized spacial score (nSPS) is 24.4. The monoisotopic (exact) mass is 477 g/mol. The molecule has 1 atom stereocenters. The first-order chi connectivity index (χ1) is 16.8. The summed E-state index contributed by atoms with van der Waals surface area (Å²) in [6.45, 7) is 4.57. The molecule has 2 aliphatic rings. The number of imide groups is 1. The van der Waals surface area contributed by atoms with Crippen molar-refractivity contribution >= 4 is 17.8 Å². The maximum atomic E-state index is 13.0. The Balaban J connectivity index is 1.49. The van der Waals surface area contributed by atoms with Gasteiger partial charge in [-0.2, -0.15) is 0 Å². The molecule has 1 aliphatic carbocycles. The third-order valence-corrected chi connectivity index (χ3v) is 7.36. The molecule has 0 aromatic heterocycles. The van der Waals surface area contributed by atoms with Gasteiger partial charge in [0.15, 0.2) is 0 Å². The van der Waals surface area contributed by atoms with E-state index < -0.39 is 6.04 Å². The number of benzene rings is 2. The number of carbonyl (C=O) groups is 3. The molecule has 0 spiro atoms. The average Bonchev–Trinajstić information content (AvgIpc) is 3.15. The second kappa shape index (κ2) is 10.5. The first-order valence-electron chi connectivity index (χ1n) is 12.4. The summed E-state index contributed by atoms with van der Waals surface area (Å²) in [5.74, 6) is 0.584. The van der Waals surface area contributed by atoms with Crippen LogP contribution >= 0.6 is 0 Å². The lowest BCUT2D eigenvalue weighted by Crippen LogP contribution is -2.49. The zero-order valence-electron chi connectivity index (χ0n) is 20.8. The van der Waals surface area contributed by atoms with Crippen LogP contribution in [0.1, 0.15) is 61.9 Å². The number of urea groups is 1. The van der Waals surface area contributed by atoms with Gasteiger partial charge in [0.25, 0.3) is 11.8 Å². The van der Waals surface area contributed by atoms with Gasteiger partial charge in [-0.05, 0) is 55.7 Å². The lowest BCUT2D eigenvalue weighted by molar-refractivity contribution is -0.130. The molecule has 35 heavy (non-hydrogen) atoms. The summed E-state index contributed by atoms with van der Waals surface area (Å²) in [5.41, 5.74) is 1.39. The molecule has 2 aromatic rings. The minimum Gasteiger partial charge on any atom is -0.496 e. The van der Waals surface area contributed by atoms with E-state index in [2.05, 4.69) is 36.6 Å². The molecule has 4 rings (SSSR count). The van der Waals surface area contributed by atoms with Gasteiger partial charge in [0.2, 0.25) is 0 Å². The summed E-state index contributed by atoms with van der Waals surface area (Å²) in [4.78, 5) is 40.1. The summed E-state index contributed by atoms with van der Waals surface area (Å²) in [5, 5.41) is 6.01. The van der Waals surface area contributed by atoms with E-state index in [9.17, 15) is 14.4 Å².